The summed E-state index contributed by atoms with van der Waals surface area (Å²) in [4.78, 5) is 32.1. The van der Waals surface area contributed by atoms with Crippen molar-refractivity contribution in [1.29, 1.82) is 0 Å². The number of benzene rings is 2. The Bertz CT molecular complexity index is 1270. The van der Waals surface area contributed by atoms with Crippen LogP contribution in [0.2, 0.25) is 0 Å². The Morgan fingerprint density at radius 3 is 2.39 bits per heavy atom. The second kappa shape index (κ2) is 10.9. The number of carbonyl (C=O) groups is 2. The molecule has 0 spiro atoms. The number of methoxy groups -OCH3 is 1. The maximum Gasteiger partial charge on any atom is 0.295 e. The Hall–Kier alpha value is -4.33. The van der Waals surface area contributed by atoms with Crippen molar-refractivity contribution < 1.29 is 28.9 Å². The van der Waals surface area contributed by atoms with Crippen LogP contribution in [-0.2, 0) is 16.1 Å². The van der Waals surface area contributed by atoms with Crippen molar-refractivity contribution in [3.8, 4) is 17.2 Å². The normalized spacial score (nSPS) is 16.8. The zero-order chi connectivity index (χ0) is 25.7. The summed E-state index contributed by atoms with van der Waals surface area (Å²) in [5.41, 5.74) is 1.76. The molecule has 0 saturated carbocycles. The van der Waals surface area contributed by atoms with E-state index >= 15 is 0 Å². The Labute approximate surface area is 209 Å². The summed E-state index contributed by atoms with van der Waals surface area (Å²) in [5, 5.41) is 11.3. The summed E-state index contributed by atoms with van der Waals surface area (Å²) < 4.78 is 16.6. The second-order valence-electron chi connectivity index (χ2n) is 8.09. The number of pyridine rings is 1. The van der Waals surface area contributed by atoms with Gasteiger partial charge in [-0.05, 0) is 67.4 Å². The molecule has 186 valence electrons. The van der Waals surface area contributed by atoms with Gasteiger partial charge in [0.2, 0.25) is 0 Å². The van der Waals surface area contributed by atoms with Gasteiger partial charge >= 0.3 is 0 Å². The van der Waals surface area contributed by atoms with E-state index in [2.05, 4.69) is 4.98 Å². The number of carbonyl (C=O) groups excluding carboxylic acids is 2. The van der Waals surface area contributed by atoms with E-state index in [1.54, 1.807) is 60.9 Å². The van der Waals surface area contributed by atoms with Crippen LogP contribution in [0.5, 0.6) is 17.2 Å². The number of aromatic nitrogens is 1. The molecule has 4 rings (SSSR count). The van der Waals surface area contributed by atoms with Crippen LogP contribution in [0.25, 0.3) is 5.76 Å². The summed E-state index contributed by atoms with van der Waals surface area (Å²) >= 11 is 0. The summed E-state index contributed by atoms with van der Waals surface area (Å²) in [6.45, 7) is 4.84. The molecule has 8 nitrogen and oxygen atoms in total. The number of ether oxygens (including phenoxy) is 3. The van der Waals surface area contributed by atoms with Gasteiger partial charge in [-0.1, -0.05) is 12.1 Å². The van der Waals surface area contributed by atoms with Crippen molar-refractivity contribution in [2.24, 2.45) is 0 Å². The van der Waals surface area contributed by atoms with Crippen molar-refractivity contribution in [3.63, 3.8) is 0 Å². The highest BCUT2D eigenvalue weighted by atomic mass is 16.5. The van der Waals surface area contributed by atoms with Gasteiger partial charge in [0.25, 0.3) is 11.7 Å². The van der Waals surface area contributed by atoms with Gasteiger partial charge in [0.05, 0.1) is 31.9 Å². The minimum atomic E-state index is -0.846. The lowest BCUT2D eigenvalue weighted by Gasteiger charge is -2.26. The molecular formula is C28H28N2O6. The highest BCUT2D eigenvalue weighted by Gasteiger charge is 2.46. The maximum atomic E-state index is 13.3. The molecule has 8 heteroatoms. The zero-order valence-corrected chi connectivity index (χ0v) is 20.4. The van der Waals surface area contributed by atoms with Crippen molar-refractivity contribution in [3.05, 3.63) is 89.3 Å². The molecule has 1 aliphatic rings. The highest BCUT2D eigenvalue weighted by Crippen LogP contribution is 2.42. The molecule has 2 heterocycles. The molecule has 1 atom stereocenters. The Balaban J connectivity index is 1.85. The SMILES string of the molecule is CCOc1ccc(C(O)=C2C(=O)C(=O)N(Cc3cccnc3)C2c2ccc(OCC)c(OC)c2)cc1. The third-order valence-electron chi connectivity index (χ3n) is 5.86. The molecule has 0 aliphatic carbocycles. The van der Waals surface area contributed by atoms with Crippen LogP contribution in [0.3, 0.4) is 0 Å². The Kier molecular flexibility index (Phi) is 7.53. The number of amides is 1. The molecule has 1 aliphatic heterocycles. The van der Waals surface area contributed by atoms with Crippen LogP contribution in [0.4, 0.5) is 0 Å². The number of likely N-dealkylation sites (tertiary alicyclic amines) is 1. The molecule has 1 amide bonds. The lowest BCUT2D eigenvalue weighted by Crippen LogP contribution is -2.29. The molecule has 1 aromatic heterocycles. The third kappa shape index (κ3) is 4.88. The molecule has 2 aromatic carbocycles. The van der Waals surface area contributed by atoms with E-state index in [9.17, 15) is 14.7 Å². The smallest absolute Gasteiger partial charge is 0.295 e. The average molecular weight is 489 g/mol. The molecule has 36 heavy (non-hydrogen) atoms. The predicted octanol–water partition coefficient (Wildman–Crippen LogP) is 4.51. The summed E-state index contributed by atoms with van der Waals surface area (Å²) in [6.07, 6.45) is 3.28. The number of aliphatic hydroxyl groups is 1. The number of hydrogen-bond acceptors (Lipinski definition) is 7. The average Bonchev–Trinajstić information content (AvgIpc) is 3.15. The van der Waals surface area contributed by atoms with E-state index in [4.69, 9.17) is 14.2 Å². The van der Waals surface area contributed by atoms with Gasteiger partial charge in [-0.25, -0.2) is 0 Å². The minimum absolute atomic E-state index is 0.000682. The van der Waals surface area contributed by atoms with Gasteiger partial charge in [-0.15, -0.1) is 0 Å². The molecule has 1 fully saturated rings. The molecule has 0 bridgehead atoms. The number of hydrogen-bond donors (Lipinski definition) is 1. The first kappa shape index (κ1) is 24.8. The van der Waals surface area contributed by atoms with Crippen LogP contribution >= 0.6 is 0 Å². The topological polar surface area (TPSA) is 98.2 Å². The van der Waals surface area contributed by atoms with Gasteiger partial charge in [-0.2, -0.15) is 0 Å². The number of aliphatic hydroxyl groups excluding tert-OH is 1. The standard InChI is InChI=1S/C28H28N2O6/c1-4-35-21-11-8-19(9-12-21)26(31)24-25(20-10-13-22(36-5-2)23(15-20)34-3)30(28(33)27(24)32)17-18-7-6-14-29-16-18/h6-16,25,31H,4-5,17H2,1-3H3. The summed E-state index contributed by atoms with van der Waals surface area (Å²) in [7, 11) is 1.52. The minimum Gasteiger partial charge on any atom is -0.507 e. The van der Waals surface area contributed by atoms with Crippen molar-refractivity contribution in [2.75, 3.05) is 20.3 Å². The molecule has 1 saturated heterocycles. The Morgan fingerprint density at radius 1 is 1.00 bits per heavy atom. The molecule has 3 aromatic rings. The first-order valence-corrected chi connectivity index (χ1v) is 11.7. The highest BCUT2D eigenvalue weighted by molar-refractivity contribution is 6.46. The van der Waals surface area contributed by atoms with Gasteiger partial charge < -0.3 is 24.2 Å². The van der Waals surface area contributed by atoms with Crippen molar-refractivity contribution in [1.82, 2.24) is 9.88 Å². The van der Waals surface area contributed by atoms with Crippen LogP contribution < -0.4 is 14.2 Å². The van der Waals surface area contributed by atoms with Crippen LogP contribution in [0.15, 0.2) is 72.6 Å². The van der Waals surface area contributed by atoms with Crippen LogP contribution in [-0.4, -0.2) is 47.0 Å². The molecule has 1 N–H and O–H groups in total. The third-order valence-corrected chi connectivity index (χ3v) is 5.86. The fourth-order valence-electron chi connectivity index (χ4n) is 4.24. The number of Topliss-reactive ketones (excluding diaryl/α,β-unsaturated/α-hetero) is 1. The fourth-order valence-corrected chi connectivity index (χ4v) is 4.24. The lowest BCUT2D eigenvalue weighted by molar-refractivity contribution is -0.140. The predicted molar refractivity (Wildman–Crippen MR) is 134 cm³/mol. The zero-order valence-electron chi connectivity index (χ0n) is 20.4. The van der Waals surface area contributed by atoms with E-state index in [-0.39, 0.29) is 17.9 Å². The monoisotopic (exact) mass is 488 g/mol. The largest absolute Gasteiger partial charge is 0.507 e. The second-order valence-corrected chi connectivity index (χ2v) is 8.09. The van der Waals surface area contributed by atoms with Gasteiger partial charge in [0, 0.05) is 24.5 Å². The first-order valence-electron chi connectivity index (χ1n) is 11.7. The van der Waals surface area contributed by atoms with E-state index in [0.717, 1.165) is 5.56 Å². The number of rotatable bonds is 9. The van der Waals surface area contributed by atoms with E-state index in [0.29, 0.717) is 41.6 Å². The summed E-state index contributed by atoms with van der Waals surface area (Å²) in [5.74, 6) is -0.0870. The van der Waals surface area contributed by atoms with Gasteiger partial charge in [0.15, 0.2) is 11.5 Å². The fraction of sp³-hybridized carbons (Fsp3) is 0.250. The number of nitrogens with zero attached hydrogens (tertiary/aromatic N) is 2. The number of ketones is 1. The molecule has 0 radical (unpaired) electrons. The van der Waals surface area contributed by atoms with Crippen molar-refractivity contribution in [2.45, 2.75) is 26.4 Å². The maximum absolute atomic E-state index is 13.3. The summed E-state index contributed by atoms with van der Waals surface area (Å²) in [6, 6.07) is 14.7. The van der Waals surface area contributed by atoms with Gasteiger partial charge in [-0.3, -0.25) is 14.6 Å². The lowest BCUT2D eigenvalue weighted by atomic mass is 9.94. The Morgan fingerprint density at radius 2 is 1.75 bits per heavy atom. The first-order chi connectivity index (χ1) is 17.5. The quantitative estimate of drug-likeness (QED) is 0.269. The van der Waals surface area contributed by atoms with E-state index < -0.39 is 17.7 Å². The van der Waals surface area contributed by atoms with Crippen LogP contribution in [0.1, 0.15) is 36.6 Å². The van der Waals surface area contributed by atoms with E-state index in [1.165, 1.54) is 12.0 Å². The van der Waals surface area contributed by atoms with E-state index in [1.807, 2.05) is 19.9 Å². The van der Waals surface area contributed by atoms with Gasteiger partial charge in [0.1, 0.15) is 11.5 Å². The van der Waals surface area contributed by atoms with Crippen LogP contribution in [0, 0.1) is 0 Å². The molecular weight excluding hydrogens is 460 g/mol. The van der Waals surface area contributed by atoms with Crippen molar-refractivity contribution >= 4 is 17.4 Å². The molecule has 1 unspecified atom stereocenters.